The molecule has 0 aromatic heterocycles. The second kappa shape index (κ2) is 6.41. The van der Waals surface area contributed by atoms with Crippen LogP contribution < -0.4 is 5.32 Å². The standard InChI is InChI=1S/C14H19IN2O/c1-11(14(18)17-9-3-2-4-10-17)16-13-7-5-12(15)6-8-13/h5-8,11,16H,2-4,9-10H2,1H3. The number of nitrogens with zero attached hydrogens (tertiary/aromatic N) is 1. The van der Waals surface area contributed by atoms with Gasteiger partial charge >= 0.3 is 0 Å². The molecule has 0 saturated carbocycles. The molecule has 1 fully saturated rings. The van der Waals surface area contributed by atoms with Crippen molar-refractivity contribution in [3.8, 4) is 0 Å². The van der Waals surface area contributed by atoms with Crippen LogP contribution in [0.25, 0.3) is 0 Å². The zero-order valence-electron chi connectivity index (χ0n) is 10.7. The van der Waals surface area contributed by atoms with E-state index in [4.69, 9.17) is 0 Å². The molecule has 1 N–H and O–H groups in total. The van der Waals surface area contributed by atoms with Crippen molar-refractivity contribution in [2.45, 2.75) is 32.2 Å². The number of benzene rings is 1. The van der Waals surface area contributed by atoms with Gasteiger partial charge in [0.1, 0.15) is 6.04 Å². The molecule has 1 heterocycles. The van der Waals surface area contributed by atoms with Crippen LogP contribution in [0.1, 0.15) is 26.2 Å². The second-order valence-corrected chi connectivity index (χ2v) is 6.00. The molecule has 1 aromatic carbocycles. The normalized spacial score (nSPS) is 17.3. The van der Waals surface area contributed by atoms with Crippen LogP contribution in [0, 0.1) is 3.57 Å². The van der Waals surface area contributed by atoms with Gasteiger partial charge < -0.3 is 10.2 Å². The third-order valence-electron chi connectivity index (χ3n) is 3.27. The quantitative estimate of drug-likeness (QED) is 0.843. The molecule has 1 aliphatic heterocycles. The first-order valence-electron chi connectivity index (χ1n) is 6.48. The van der Waals surface area contributed by atoms with Gasteiger partial charge in [-0.15, -0.1) is 0 Å². The van der Waals surface area contributed by atoms with Gasteiger partial charge in [0.2, 0.25) is 5.91 Å². The van der Waals surface area contributed by atoms with Gasteiger partial charge in [-0.05, 0) is 73.0 Å². The molecular formula is C14H19IN2O. The van der Waals surface area contributed by atoms with E-state index in [2.05, 4.69) is 27.9 Å². The Morgan fingerprint density at radius 1 is 1.22 bits per heavy atom. The summed E-state index contributed by atoms with van der Waals surface area (Å²) in [5.74, 6) is 0.216. The minimum Gasteiger partial charge on any atom is -0.374 e. The number of likely N-dealkylation sites (tertiary alicyclic amines) is 1. The maximum atomic E-state index is 12.2. The van der Waals surface area contributed by atoms with Crippen molar-refractivity contribution in [3.05, 3.63) is 27.8 Å². The summed E-state index contributed by atoms with van der Waals surface area (Å²) < 4.78 is 1.20. The van der Waals surface area contributed by atoms with E-state index in [9.17, 15) is 4.79 Å². The van der Waals surface area contributed by atoms with Crippen LogP contribution in [0.2, 0.25) is 0 Å². The van der Waals surface area contributed by atoms with E-state index in [1.807, 2.05) is 36.1 Å². The van der Waals surface area contributed by atoms with Gasteiger partial charge in [0, 0.05) is 22.3 Å². The summed E-state index contributed by atoms with van der Waals surface area (Å²) in [7, 11) is 0. The molecule has 1 saturated heterocycles. The highest BCUT2D eigenvalue weighted by molar-refractivity contribution is 14.1. The summed E-state index contributed by atoms with van der Waals surface area (Å²) in [5, 5.41) is 3.27. The first-order chi connectivity index (χ1) is 8.66. The van der Waals surface area contributed by atoms with Crippen LogP contribution in [0.3, 0.4) is 0 Å². The van der Waals surface area contributed by atoms with Crippen LogP contribution in [-0.2, 0) is 4.79 Å². The average Bonchev–Trinajstić information content (AvgIpc) is 2.41. The molecule has 3 nitrogen and oxygen atoms in total. The fraction of sp³-hybridized carbons (Fsp3) is 0.500. The number of amides is 1. The molecular weight excluding hydrogens is 339 g/mol. The molecule has 1 aromatic rings. The lowest BCUT2D eigenvalue weighted by molar-refractivity contribution is -0.132. The van der Waals surface area contributed by atoms with Gasteiger partial charge in [-0.3, -0.25) is 4.79 Å². The summed E-state index contributed by atoms with van der Waals surface area (Å²) in [6, 6.07) is 7.97. The summed E-state index contributed by atoms with van der Waals surface area (Å²) in [6.45, 7) is 3.77. The monoisotopic (exact) mass is 358 g/mol. The van der Waals surface area contributed by atoms with Crippen LogP contribution in [0.15, 0.2) is 24.3 Å². The second-order valence-electron chi connectivity index (χ2n) is 4.76. The molecule has 1 amide bonds. The Labute approximate surface area is 122 Å². The third kappa shape index (κ3) is 3.60. The summed E-state index contributed by atoms with van der Waals surface area (Å²) in [5.41, 5.74) is 1.01. The summed E-state index contributed by atoms with van der Waals surface area (Å²) >= 11 is 2.28. The molecule has 98 valence electrons. The van der Waals surface area contributed by atoms with Crippen molar-refractivity contribution in [2.24, 2.45) is 0 Å². The molecule has 1 aliphatic rings. The van der Waals surface area contributed by atoms with Crippen molar-refractivity contribution in [2.75, 3.05) is 18.4 Å². The highest BCUT2D eigenvalue weighted by Crippen LogP contribution is 2.14. The lowest BCUT2D eigenvalue weighted by Gasteiger charge is -2.29. The number of hydrogen-bond acceptors (Lipinski definition) is 2. The molecule has 18 heavy (non-hydrogen) atoms. The number of carbonyl (C=O) groups excluding carboxylic acids is 1. The highest BCUT2D eigenvalue weighted by atomic mass is 127. The Kier molecular flexibility index (Phi) is 4.86. The Morgan fingerprint density at radius 3 is 2.44 bits per heavy atom. The fourth-order valence-electron chi connectivity index (χ4n) is 2.25. The number of anilines is 1. The molecule has 2 rings (SSSR count). The molecule has 0 bridgehead atoms. The number of piperidine rings is 1. The molecule has 0 radical (unpaired) electrons. The lowest BCUT2D eigenvalue weighted by atomic mass is 10.1. The number of nitrogens with one attached hydrogen (secondary N) is 1. The minimum absolute atomic E-state index is 0.150. The Bertz CT molecular complexity index is 399. The molecule has 1 unspecified atom stereocenters. The molecule has 1 atom stereocenters. The van der Waals surface area contributed by atoms with Crippen molar-refractivity contribution in [1.82, 2.24) is 4.90 Å². The minimum atomic E-state index is -0.150. The van der Waals surface area contributed by atoms with Gasteiger partial charge in [-0.1, -0.05) is 0 Å². The molecule has 0 spiro atoms. The zero-order chi connectivity index (χ0) is 13.0. The van der Waals surface area contributed by atoms with Crippen molar-refractivity contribution < 1.29 is 4.79 Å². The van der Waals surface area contributed by atoms with E-state index < -0.39 is 0 Å². The van der Waals surface area contributed by atoms with E-state index >= 15 is 0 Å². The van der Waals surface area contributed by atoms with E-state index in [0.29, 0.717) is 0 Å². The van der Waals surface area contributed by atoms with E-state index in [1.54, 1.807) is 0 Å². The van der Waals surface area contributed by atoms with Crippen molar-refractivity contribution in [3.63, 3.8) is 0 Å². The van der Waals surface area contributed by atoms with E-state index in [0.717, 1.165) is 31.6 Å². The first kappa shape index (κ1) is 13.6. The van der Waals surface area contributed by atoms with Gasteiger partial charge in [0.15, 0.2) is 0 Å². The number of hydrogen-bond donors (Lipinski definition) is 1. The maximum Gasteiger partial charge on any atom is 0.244 e. The van der Waals surface area contributed by atoms with Crippen molar-refractivity contribution >= 4 is 34.2 Å². The Morgan fingerprint density at radius 2 is 1.83 bits per heavy atom. The lowest BCUT2D eigenvalue weighted by Crippen LogP contribution is -2.43. The first-order valence-corrected chi connectivity index (χ1v) is 7.55. The average molecular weight is 358 g/mol. The van der Waals surface area contributed by atoms with E-state index in [-0.39, 0.29) is 11.9 Å². The Balaban J connectivity index is 1.92. The van der Waals surface area contributed by atoms with Crippen molar-refractivity contribution in [1.29, 1.82) is 0 Å². The van der Waals surface area contributed by atoms with Crippen LogP contribution in [0.5, 0.6) is 0 Å². The van der Waals surface area contributed by atoms with Gasteiger partial charge in [-0.2, -0.15) is 0 Å². The zero-order valence-corrected chi connectivity index (χ0v) is 12.8. The number of rotatable bonds is 3. The third-order valence-corrected chi connectivity index (χ3v) is 3.98. The largest absolute Gasteiger partial charge is 0.374 e. The van der Waals surface area contributed by atoms with Gasteiger partial charge in [0.25, 0.3) is 0 Å². The fourth-order valence-corrected chi connectivity index (χ4v) is 2.61. The summed E-state index contributed by atoms with van der Waals surface area (Å²) in [4.78, 5) is 14.2. The Hall–Kier alpha value is -0.780. The SMILES string of the molecule is CC(Nc1ccc(I)cc1)C(=O)N1CCCCC1. The maximum absolute atomic E-state index is 12.2. The van der Waals surface area contributed by atoms with Gasteiger partial charge in [0.05, 0.1) is 0 Å². The van der Waals surface area contributed by atoms with Gasteiger partial charge in [-0.25, -0.2) is 0 Å². The molecule has 4 heteroatoms. The predicted molar refractivity (Wildman–Crippen MR) is 82.7 cm³/mol. The topological polar surface area (TPSA) is 32.3 Å². The van der Waals surface area contributed by atoms with E-state index in [1.165, 1.54) is 9.99 Å². The number of halogens is 1. The predicted octanol–water partition coefficient (Wildman–Crippen LogP) is 3.10. The van der Waals surface area contributed by atoms with Crippen LogP contribution in [-0.4, -0.2) is 29.9 Å². The van der Waals surface area contributed by atoms with Crippen LogP contribution in [0.4, 0.5) is 5.69 Å². The van der Waals surface area contributed by atoms with Crippen LogP contribution >= 0.6 is 22.6 Å². The molecule has 0 aliphatic carbocycles. The number of carbonyl (C=O) groups is 1. The smallest absolute Gasteiger partial charge is 0.244 e. The summed E-state index contributed by atoms with van der Waals surface area (Å²) in [6.07, 6.45) is 3.53. The highest BCUT2D eigenvalue weighted by Gasteiger charge is 2.21.